The summed E-state index contributed by atoms with van der Waals surface area (Å²) in [4.78, 5) is 2.19. The van der Waals surface area contributed by atoms with Gasteiger partial charge in [0, 0.05) is 19.6 Å². The Morgan fingerprint density at radius 2 is 2.35 bits per heavy atom. The molecule has 0 radical (unpaired) electrons. The van der Waals surface area contributed by atoms with Gasteiger partial charge in [0.25, 0.3) is 0 Å². The van der Waals surface area contributed by atoms with Crippen LogP contribution < -0.4 is 4.72 Å². The van der Waals surface area contributed by atoms with Crippen molar-refractivity contribution in [3.8, 4) is 0 Å². The van der Waals surface area contributed by atoms with E-state index in [-0.39, 0.29) is 6.61 Å². The Kier molecular flexibility index (Phi) is 5.57. The average molecular weight is 318 g/mol. The van der Waals surface area contributed by atoms with Gasteiger partial charge in [-0.3, -0.25) is 0 Å². The largest absolute Gasteiger partial charge is 0.395 e. The Balaban J connectivity index is 1.88. The fraction of sp³-hybridized carbons (Fsp3) is 0.692. The number of piperidine rings is 1. The van der Waals surface area contributed by atoms with Gasteiger partial charge in [0.2, 0.25) is 10.0 Å². The highest BCUT2D eigenvalue weighted by atomic mass is 32.2. The van der Waals surface area contributed by atoms with Gasteiger partial charge >= 0.3 is 0 Å². The molecule has 2 rings (SSSR count). The van der Waals surface area contributed by atoms with E-state index in [1.54, 1.807) is 6.07 Å². The highest BCUT2D eigenvalue weighted by molar-refractivity contribution is 7.91. The lowest BCUT2D eigenvalue weighted by Gasteiger charge is -2.32. The molecule has 1 unspecified atom stereocenters. The first-order chi connectivity index (χ1) is 9.51. The fourth-order valence-electron chi connectivity index (χ4n) is 2.51. The normalized spacial score (nSPS) is 21.2. The Labute approximate surface area is 124 Å². The average Bonchev–Trinajstić information content (AvgIpc) is 2.85. The molecular weight excluding hydrogens is 296 g/mol. The van der Waals surface area contributed by atoms with E-state index in [2.05, 4.69) is 9.62 Å². The van der Waals surface area contributed by atoms with Gasteiger partial charge in [0.05, 0.1) is 6.61 Å². The maximum absolute atomic E-state index is 12.1. The Bertz CT molecular complexity index is 525. The number of hydrogen-bond donors (Lipinski definition) is 2. The van der Waals surface area contributed by atoms with E-state index in [9.17, 15) is 8.42 Å². The van der Waals surface area contributed by atoms with Gasteiger partial charge in [0.15, 0.2) is 0 Å². The van der Waals surface area contributed by atoms with Crippen molar-refractivity contribution in [1.29, 1.82) is 0 Å². The van der Waals surface area contributed by atoms with Crippen LogP contribution in [0.2, 0.25) is 0 Å². The van der Waals surface area contributed by atoms with Crippen molar-refractivity contribution in [2.75, 3.05) is 32.8 Å². The van der Waals surface area contributed by atoms with Crippen LogP contribution in [0.3, 0.4) is 0 Å². The number of thiophene rings is 1. The van der Waals surface area contributed by atoms with Crippen LogP contribution >= 0.6 is 11.3 Å². The SMILES string of the molecule is Cc1csc(S(=O)(=O)NCC2CCCN(CCO)C2)c1. The van der Waals surface area contributed by atoms with Crippen molar-refractivity contribution < 1.29 is 13.5 Å². The van der Waals surface area contributed by atoms with Gasteiger partial charge in [0.1, 0.15) is 4.21 Å². The lowest BCUT2D eigenvalue weighted by atomic mass is 9.98. The van der Waals surface area contributed by atoms with Crippen LogP contribution in [-0.4, -0.2) is 51.2 Å². The third-order valence-electron chi connectivity index (χ3n) is 3.55. The summed E-state index contributed by atoms with van der Waals surface area (Å²) >= 11 is 1.26. The molecule has 20 heavy (non-hydrogen) atoms. The lowest BCUT2D eigenvalue weighted by molar-refractivity contribution is 0.141. The van der Waals surface area contributed by atoms with Crippen molar-refractivity contribution in [2.24, 2.45) is 5.92 Å². The molecule has 1 aliphatic heterocycles. The van der Waals surface area contributed by atoms with E-state index in [0.717, 1.165) is 31.5 Å². The summed E-state index contributed by atoms with van der Waals surface area (Å²) in [6.45, 7) is 5.05. The summed E-state index contributed by atoms with van der Waals surface area (Å²) in [6, 6.07) is 1.70. The minimum atomic E-state index is -3.37. The van der Waals surface area contributed by atoms with Crippen LogP contribution in [0.25, 0.3) is 0 Å². The zero-order valence-corrected chi connectivity index (χ0v) is 13.3. The molecule has 0 aromatic carbocycles. The van der Waals surface area contributed by atoms with Gasteiger partial charge in [-0.2, -0.15) is 0 Å². The minimum absolute atomic E-state index is 0.160. The van der Waals surface area contributed by atoms with Crippen molar-refractivity contribution in [3.63, 3.8) is 0 Å². The Morgan fingerprint density at radius 3 is 3.00 bits per heavy atom. The first-order valence-electron chi connectivity index (χ1n) is 6.89. The molecule has 2 heterocycles. The second-order valence-electron chi connectivity index (χ2n) is 5.33. The lowest BCUT2D eigenvalue weighted by Crippen LogP contribution is -2.41. The standard InChI is InChI=1S/C13H22N2O3S2/c1-11-7-13(19-10-11)20(17,18)14-8-12-3-2-4-15(9-12)5-6-16/h7,10,12,14,16H,2-6,8-9H2,1H3. The number of likely N-dealkylation sites (tertiary alicyclic amines) is 1. The molecule has 1 atom stereocenters. The van der Waals surface area contributed by atoms with Crippen LogP contribution in [0.5, 0.6) is 0 Å². The number of rotatable bonds is 6. The van der Waals surface area contributed by atoms with Crippen LogP contribution in [-0.2, 0) is 10.0 Å². The van der Waals surface area contributed by atoms with Gasteiger partial charge in [-0.25, -0.2) is 13.1 Å². The number of sulfonamides is 1. The summed E-state index contributed by atoms with van der Waals surface area (Å²) < 4.78 is 27.4. The second kappa shape index (κ2) is 7.00. The number of nitrogens with zero attached hydrogens (tertiary/aromatic N) is 1. The molecule has 0 saturated carbocycles. The zero-order valence-electron chi connectivity index (χ0n) is 11.7. The first-order valence-corrected chi connectivity index (χ1v) is 9.25. The molecule has 1 saturated heterocycles. The van der Waals surface area contributed by atoms with Crippen LogP contribution in [0.15, 0.2) is 15.7 Å². The Morgan fingerprint density at radius 1 is 1.55 bits per heavy atom. The van der Waals surface area contributed by atoms with Crippen molar-refractivity contribution in [3.05, 3.63) is 17.0 Å². The molecule has 1 aromatic rings. The van der Waals surface area contributed by atoms with E-state index in [4.69, 9.17) is 5.11 Å². The summed E-state index contributed by atoms with van der Waals surface area (Å²) in [6.07, 6.45) is 2.10. The van der Waals surface area contributed by atoms with Crippen molar-refractivity contribution >= 4 is 21.4 Å². The summed E-state index contributed by atoms with van der Waals surface area (Å²) in [5.41, 5.74) is 0.974. The maximum Gasteiger partial charge on any atom is 0.250 e. The van der Waals surface area contributed by atoms with Crippen molar-refractivity contribution in [2.45, 2.75) is 24.0 Å². The van der Waals surface area contributed by atoms with E-state index in [1.807, 2.05) is 12.3 Å². The number of β-amino-alcohol motifs (C(OH)–C–C–N with tert-alkyl or cyclic N) is 1. The van der Waals surface area contributed by atoms with Gasteiger partial charge in [-0.05, 0) is 49.2 Å². The van der Waals surface area contributed by atoms with Crippen LogP contribution in [0.1, 0.15) is 18.4 Å². The number of hydrogen-bond acceptors (Lipinski definition) is 5. The molecule has 0 spiro atoms. The molecule has 7 heteroatoms. The fourth-order valence-corrected chi connectivity index (χ4v) is 4.90. The molecule has 0 amide bonds. The number of aryl methyl sites for hydroxylation is 1. The topological polar surface area (TPSA) is 69.6 Å². The number of aliphatic hydroxyl groups is 1. The first kappa shape index (κ1) is 15.9. The highest BCUT2D eigenvalue weighted by Crippen LogP contribution is 2.20. The van der Waals surface area contributed by atoms with Gasteiger partial charge in [-0.1, -0.05) is 0 Å². The van der Waals surface area contributed by atoms with Crippen LogP contribution in [0.4, 0.5) is 0 Å². The molecule has 2 N–H and O–H groups in total. The highest BCUT2D eigenvalue weighted by Gasteiger charge is 2.22. The quantitative estimate of drug-likeness (QED) is 0.822. The van der Waals surface area contributed by atoms with Crippen LogP contribution in [0, 0.1) is 12.8 Å². The molecule has 1 aromatic heterocycles. The molecule has 5 nitrogen and oxygen atoms in total. The predicted molar refractivity (Wildman–Crippen MR) is 80.5 cm³/mol. The molecular formula is C13H22N2O3S2. The predicted octanol–water partition coefficient (Wildman–Crippen LogP) is 1.04. The smallest absolute Gasteiger partial charge is 0.250 e. The van der Waals surface area contributed by atoms with E-state index >= 15 is 0 Å². The third-order valence-corrected chi connectivity index (χ3v) is 6.53. The zero-order chi connectivity index (χ0) is 14.6. The van der Waals surface area contributed by atoms with Crippen molar-refractivity contribution in [1.82, 2.24) is 9.62 Å². The summed E-state index contributed by atoms with van der Waals surface area (Å²) in [5.74, 6) is 0.325. The molecule has 1 fully saturated rings. The Hall–Kier alpha value is -0.470. The van der Waals surface area contributed by atoms with Gasteiger partial charge in [-0.15, -0.1) is 11.3 Å². The van der Waals surface area contributed by atoms with Gasteiger partial charge < -0.3 is 10.0 Å². The molecule has 0 bridgehead atoms. The second-order valence-corrected chi connectivity index (χ2v) is 8.23. The summed E-state index contributed by atoms with van der Waals surface area (Å²) in [7, 11) is -3.37. The monoisotopic (exact) mass is 318 g/mol. The maximum atomic E-state index is 12.1. The molecule has 114 valence electrons. The van der Waals surface area contributed by atoms with E-state index in [1.165, 1.54) is 11.3 Å². The molecule has 1 aliphatic rings. The van der Waals surface area contributed by atoms with E-state index in [0.29, 0.717) is 23.2 Å². The number of nitrogens with one attached hydrogen (secondary N) is 1. The van der Waals surface area contributed by atoms with E-state index < -0.39 is 10.0 Å². The third kappa shape index (κ3) is 4.26. The molecule has 0 aliphatic carbocycles. The minimum Gasteiger partial charge on any atom is -0.395 e. The summed E-state index contributed by atoms with van der Waals surface area (Å²) in [5, 5.41) is 10.8. The number of aliphatic hydroxyl groups excluding tert-OH is 1.